The van der Waals surface area contributed by atoms with Crippen LogP contribution in [0.25, 0.3) is 0 Å². The highest BCUT2D eigenvalue weighted by Crippen LogP contribution is 2.04. The predicted octanol–water partition coefficient (Wildman–Crippen LogP) is 2.95. The first kappa shape index (κ1) is 14.7. The lowest BCUT2D eigenvalue weighted by molar-refractivity contribution is 0.116. The van der Waals surface area contributed by atoms with Crippen molar-refractivity contribution in [3.63, 3.8) is 0 Å². The summed E-state index contributed by atoms with van der Waals surface area (Å²) in [5.74, 6) is 0. The molecule has 1 aromatic heterocycles. The van der Waals surface area contributed by atoms with Gasteiger partial charge in [-0.1, -0.05) is 36.4 Å². The molecule has 0 saturated carbocycles. The van der Waals surface area contributed by atoms with E-state index in [0.717, 1.165) is 31.7 Å². The molecule has 0 radical (unpaired) electrons. The van der Waals surface area contributed by atoms with Gasteiger partial charge in [0.25, 0.3) is 0 Å². The number of nitrogens with one attached hydrogen (secondary N) is 1. The minimum absolute atomic E-state index is 0.592. The van der Waals surface area contributed by atoms with E-state index in [1.165, 1.54) is 11.1 Å². The van der Waals surface area contributed by atoms with E-state index in [0.29, 0.717) is 6.61 Å². The third-order valence-electron chi connectivity index (χ3n) is 3.11. The van der Waals surface area contributed by atoms with Crippen molar-refractivity contribution in [2.75, 3.05) is 13.7 Å². The van der Waals surface area contributed by atoms with E-state index < -0.39 is 0 Å². The molecule has 0 spiro atoms. The second-order valence-electron chi connectivity index (χ2n) is 4.83. The lowest BCUT2D eigenvalue weighted by Gasteiger charge is -2.05. The summed E-state index contributed by atoms with van der Waals surface area (Å²) >= 11 is 0. The Balaban J connectivity index is 1.63. The Kier molecular flexibility index (Phi) is 6.21. The SMILES string of the molecule is CNCc1ccc(COCCCc2ccccc2)nc1. The molecule has 0 saturated heterocycles. The smallest absolute Gasteiger partial charge is 0.0887 e. The third kappa shape index (κ3) is 5.11. The van der Waals surface area contributed by atoms with Crippen LogP contribution in [0.5, 0.6) is 0 Å². The number of ether oxygens (including phenoxy) is 1. The minimum Gasteiger partial charge on any atom is -0.375 e. The second-order valence-corrected chi connectivity index (χ2v) is 4.83. The highest BCUT2D eigenvalue weighted by Gasteiger charge is 1.97. The Morgan fingerprint density at radius 3 is 2.60 bits per heavy atom. The molecule has 1 aromatic carbocycles. The number of rotatable bonds is 8. The number of aryl methyl sites for hydroxylation is 1. The molecule has 0 fully saturated rings. The van der Waals surface area contributed by atoms with Gasteiger partial charge in [-0.3, -0.25) is 4.98 Å². The fourth-order valence-electron chi connectivity index (χ4n) is 2.05. The largest absolute Gasteiger partial charge is 0.375 e. The topological polar surface area (TPSA) is 34.1 Å². The van der Waals surface area contributed by atoms with Crippen LogP contribution in [-0.4, -0.2) is 18.6 Å². The molecule has 0 atom stereocenters. The summed E-state index contributed by atoms with van der Waals surface area (Å²) in [6, 6.07) is 14.6. The lowest BCUT2D eigenvalue weighted by Crippen LogP contribution is -2.06. The van der Waals surface area contributed by atoms with Gasteiger partial charge in [-0.05, 0) is 37.1 Å². The maximum Gasteiger partial charge on any atom is 0.0887 e. The Morgan fingerprint density at radius 2 is 1.90 bits per heavy atom. The zero-order chi connectivity index (χ0) is 14.0. The summed E-state index contributed by atoms with van der Waals surface area (Å²) in [7, 11) is 1.93. The Morgan fingerprint density at radius 1 is 1.05 bits per heavy atom. The molecule has 0 aliphatic carbocycles. The summed E-state index contributed by atoms with van der Waals surface area (Å²) in [6.07, 6.45) is 4.01. The van der Waals surface area contributed by atoms with Crippen LogP contribution in [0.3, 0.4) is 0 Å². The molecule has 0 unspecified atom stereocenters. The molecule has 3 heteroatoms. The van der Waals surface area contributed by atoms with Crippen molar-refractivity contribution in [2.45, 2.75) is 26.0 Å². The number of hydrogen-bond acceptors (Lipinski definition) is 3. The van der Waals surface area contributed by atoms with Gasteiger partial charge < -0.3 is 10.1 Å². The number of nitrogens with zero attached hydrogens (tertiary/aromatic N) is 1. The molecule has 2 aromatic rings. The van der Waals surface area contributed by atoms with Crippen molar-refractivity contribution in [1.82, 2.24) is 10.3 Å². The van der Waals surface area contributed by atoms with Gasteiger partial charge in [0, 0.05) is 19.3 Å². The number of hydrogen-bond donors (Lipinski definition) is 1. The van der Waals surface area contributed by atoms with E-state index in [1.807, 2.05) is 25.4 Å². The van der Waals surface area contributed by atoms with E-state index >= 15 is 0 Å². The Labute approximate surface area is 121 Å². The van der Waals surface area contributed by atoms with Gasteiger partial charge in [-0.2, -0.15) is 0 Å². The molecular formula is C17H22N2O. The minimum atomic E-state index is 0.592. The van der Waals surface area contributed by atoms with Gasteiger partial charge in [-0.15, -0.1) is 0 Å². The molecule has 2 rings (SSSR count). The van der Waals surface area contributed by atoms with Gasteiger partial charge in [0.1, 0.15) is 0 Å². The average Bonchev–Trinajstić information content (AvgIpc) is 2.50. The lowest BCUT2D eigenvalue weighted by atomic mass is 10.1. The van der Waals surface area contributed by atoms with Crippen LogP contribution in [-0.2, 0) is 24.3 Å². The normalized spacial score (nSPS) is 10.7. The number of aromatic nitrogens is 1. The summed E-state index contributed by atoms with van der Waals surface area (Å²) in [5, 5.41) is 3.11. The van der Waals surface area contributed by atoms with Crippen LogP contribution in [0, 0.1) is 0 Å². The zero-order valence-corrected chi connectivity index (χ0v) is 12.0. The van der Waals surface area contributed by atoms with Crippen LogP contribution in [0.1, 0.15) is 23.2 Å². The van der Waals surface area contributed by atoms with E-state index in [9.17, 15) is 0 Å². The molecule has 1 N–H and O–H groups in total. The van der Waals surface area contributed by atoms with Gasteiger partial charge in [0.15, 0.2) is 0 Å². The standard InChI is InChI=1S/C17H22N2O/c1-18-12-16-9-10-17(19-13-16)14-20-11-5-8-15-6-3-2-4-7-15/h2-4,6-7,9-10,13,18H,5,8,11-12,14H2,1H3. The van der Waals surface area contributed by atoms with E-state index in [-0.39, 0.29) is 0 Å². The predicted molar refractivity (Wildman–Crippen MR) is 81.4 cm³/mol. The van der Waals surface area contributed by atoms with Crippen LogP contribution < -0.4 is 5.32 Å². The first-order valence-electron chi connectivity index (χ1n) is 7.08. The van der Waals surface area contributed by atoms with Crippen molar-refractivity contribution in [3.8, 4) is 0 Å². The van der Waals surface area contributed by atoms with Crippen molar-refractivity contribution in [1.29, 1.82) is 0 Å². The third-order valence-corrected chi connectivity index (χ3v) is 3.11. The van der Waals surface area contributed by atoms with Gasteiger partial charge >= 0.3 is 0 Å². The van der Waals surface area contributed by atoms with Crippen molar-refractivity contribution >= 4 is 0 Å². The van der Waals surface area contributed by atoms with Crippen molar-refractivity contribution in [3.05, 3.63) is 65.5 Å². The van der Waals surface area contributed by atoms with Crippen LogP contribution in [0.4, 0.5) is 0 Å². The Bertz CT molecular complexity index is 482. The van der Waals surface area contributed by atoms with Crippen LogP contribution >= 0.6 is 0 Å². The maximum absolute atomic E-state index is 5.66. The quantitative estimate of drug-likeness (QED) is 0.749. The van der Waals surface area contributed by atoms with E-state index in [1.54, 1.807) is 0 Å². The molecule has 0 aliphatic rings. The van der Waals surface area contributed by atoms with Gasteiger partial charge in [0.2, 0.25) is 0 Å². The summed E-state index contributed by atoms with van der Waals surface area (Å²) in [6.45, 7) is 2.22. The highest BCUT2D eigenvalue weighted by molar-refractivity contribution is 5.15. The van der Waals surface area contributed by atoms with Crippen LogP contribution in [0.2, 0.25) is 0 Å². The van der Waals surface area contributed by atoms with Crippen molar-refractivity contribution < 1.29 is 4.74 Å². The summed E-state index contributed by atoms with van der Waals surface area (Å²) < 4.78 is 5.66. The Hall–Kier alpha value is -1.71. The number of benzene rings is 1. The van der Waals surface area contributed by atoms with Gasteiger partial charge in [-0.25, -0.2) is 0 Å². The summed E-state index contributed by atoms with van der Waals surface area (Å²) in [4.78, 5) is 4.39. The van der Waals surface area contributed by atoms with Gasteiger partial charge in [0.05, 0.1) is 12.3 Å². The molecule has 0 bridgehead atoms. The molecule has 0 amide bonds. The zero-order valence-electron chi connectivity index (χ0n) is 12.0. The van der Waals surface area contributed by atoms with Crippen LogP contribution in [0.15, 0.2) is 48.7 Å². The average molecular weight is 270 g/mol. The first-order valence-corrected chi connectivity index (χ1v) is 7.08. The van der Waals surface area contributed by atoms with E-state index in [2.05, 4.69) is 40.6 Å². The monoisotopic (exact) mass is 270 g/mol. The second kappa shape index (κ2) is 8.46. The molecule has 3 nitrogen and oxygen atoms in total. The van der Waals surface area contributed by atoms with E-state index in [4.69, 9.17) is 4.74 Å². The fraction of sp³-hybridized carbons (Fsp3) is 0.353. The fourth-order valence-corrected chi connectivity index (χ4v) is 2.05. The molecule has 20 heavy (non-hydrogen) atoms. The highest BCUT2D eigenvalue weighted by atomic mass is 16.5. The number of pyridine rings is 1. The summed E-state index contributed by atoms with van der Waals surface area (Å²) in [5.41, 5.74) is 3.55. The molecule has 0 aliphatic heterocycles. The first-order chi connectivity index (χ1) is 9.88. The molecular weight excluding hydrogens is 248 g/mol. The maximum atomic E-state index is 5.66. The molecule has 1 heterocycles. The van der Waals surface area contributed by atoms with Crippen molar-refractivity contribution in [2.24, 2.45) is 0 Å². The molecule has 106 valence electrons.